The standard InChI is InChI=1S/C22H26O6/c1-12(2)8-16(23)15-6-7-17-19(21(15)26-5)22(24)27-11-14-9-13(3)10-18(25-4)20(14)28-17/h6-7,9-10,12,16,23H,8,11H2,1-5H3/t16-/m0/s1. The number of hydrogen-bond donors (Lipinski definition) is 1. The van der Waals surface area contributed by atoms with Crippen molar-refractivity contribution >= 4 is 5.97 Å². The van der Waals surface area contributed by atoms with Gasteiger partial charge in [0.25, 0.3) is 0 Å². The van der Waals surface area contributed by atoms with Gasteiger partial charge in [-0.25, -0.2) is 4.79 Å². The van der Waals surface area contributed by atoms with Gasteiger partial charge in [0.05, 0.1) is 20.3 Å². The van der Waals surface area contributed by atoms with Gasteiger partial charge in [-0.3, -0.25) is 0 Å². The van der Waals surface area contributed by atoms with Crippen LogP contribution in [0.25, 0.3) is 0 Å². The highest BCUT2D eigenvalue weighted by molar-refractivity contribution is 5.96. The number of esters is 1. The second kappa shape index (κ2) is 8.10. The predicted molar refractivity (Wildman–Crippen MR) is 104 cm³/mol. The van der Waals surface area contributed by atoms with Crippen LogP contribution in [0.4, 0.5) is 0 Å². The van der Waals surface area contributed by atoms with Crippen molar-refractivity contribution in [2.75, 3.05) is 14.2 Å². The molecule has 1 aliphatic rings. The Balaban J connectivity index is 2.14. The molecular weight excluding hydrogens is 360 g/mol. The van der Waals surface area contributed by atoms with Crippen LogP contribution < -0.4 is 14.2 Å². The third kappa shape index (κ3) is 3.78. The number of carbonyl (C=O) groups is 1. The molecule has 0 spiro atoms. The Kier molecular flexibility index (Phi) is 5.79. The average Bonchev–Trinajstić information content (AvgIpc) is 2.64. The number of cyclic esters (lactones) is 1. The zero-order valence-corrected chi connectivity index (χ0v) is 16.9. The summed E-state index contributed by atoms with van der Waals surface area (Å²) in [6.45, 7) is 6.02. The minimum atomic E-state index is -0.761. The summed E-state index contributed by atoms with van der Waals surface area (Å²) in [4.78, 5) is 12.8. The van der Waals surface area contributed by atoms with Crippen molar-refractivity contribution in [1.82, 2.24) is 0 Å². The van der Waals surface area contributed by atoms with Crippen LogP contribution in [0.2, 0.25) is 0 Å². The van der Waals surface area contributed by atoms with Gasteiger partial charge in [-0.1, -0.05) is 13.8 Å². The molecule has 28 heavy (non-hydrogen) atoms. The Hall–Kier alpha value is -2.73. The van der Waals surface area contributed by atoms with Crippen LogP contribution in [0.1, 0.15) is 53.4 Å². The van der Waals surface area contributed by atoms with Crippen LogP contribution in [0.3, 0.4) is 0 Å². The molecule has 1 aliphatic heterocycles. The molecular formula is C22H26O6. The van der Waals surface area contributed by atoms with Crippen molar-refractivity contribution in [1.29, 1.82) is 0 Å². The highest BCUT2D eigenvalue weighted by atomic mass is 16.6. The van der Waals surface area contributed by atoms with Crippen molar-refractivity contribution in [3.8, 4) is 23.0 Å². The maximum absolute atomic E-state index is 12.8. The molecule has 0 radical (unpaired) electrons. The van der Waals surface area contributed by atoms with Gasteiger partial charge in [-0.05, 0) is 49.1 Å². The molecule has 150 valence electrons. The fourth-order valence-electron chi connectivity index (χ4n) is 3.43. The first-order valence-corrected chi connectivity index (χ1v) is 9.27. The molecule has 1 atom stereocenters. The number of aliphatic hydroxyl groups excluding tert-OH is 1. The number of benzene rings is 2. The summed E-state index contributed by atoms with van der Waals surface area (Å²) < 4.78 is 22.6. The molecule has 0 saturated heterocycles. The van der Waals surface area contributed by atoms with Crippen molar-refractivity contribution in [3.63, 3.8) is 0 Å². The largest absolute Gasteiger partial charge is 0.495 e. The number of carbonyl (C=O) groups excluding carboxylic acids is 1. The van der Waals surface area contributed by atoms with E-state index in [2.05, 4.69) is 0 Å². The summed E-state index contributed by atoms with van der Waals surface area (Å²) in [5.74, 6) is 1.35. The summed E-state index contributed by atoms with van der Waals surface area (Å²) in [7, 11) is 3.03. The number of ether oxygens (including phenoxy) is 4. The van der Waals surface area contributed by atoms with Crippen molar-refractivity contribution in [3.05, 3.63) is 46.5 Å². The SMILES string of the molecule is COc1cc(C)cc2c1Oc1ccc([C@@H](O)CC(C)C)c(OC)c1C(=O)OC2. The lowest BCUT2D eigenvalue weighted by atomic mass is 9.96. The zero-order valence-electron chi connectivity index (χ0n) is 16.9. The molecule has 2 aromatic rings. The minimum Gasteiger partial charge on any atom is -0.495 e. The number of methoxy groups -OCH3 is 2. The number of hydrogen-bond acceptors (Lipinski definition) is 6. The Bertz CT molecular complexity index is 887. The van der Waals surface area contributed by atoms with Crippen LogP contribution in [0.15, 0.2) is 24.3 Å². The van der Waals surface area contributed by atoms with Crippen LogP contribution in [0.5, 0.6) is 23.0 Å². The van der Waals surface area contributed by atoms with Crippen molar-refractivity contribution in [2.24, 2.45) is 5.92 Å². The van der Waals surface area contributed by atoms with Gasteiger partial charge in [-0.15, -0.1) is 0 Å². The number of aryl methyl sites for hydroxylation is 1. The molecule has 1 heterocycles. The molecule has 0 bridgehead atoms. The maximum atomic E-state index is 12.8. The van der Waals surface area contributed by atoms with Gasteiger partial charge in [-0.2, -0.15) is 0 Å². The average molecular weight is 386 g/mol. The van der Waals surface area contributed by atoms with E-state index in [-0.39, 0.29) is 23.8 Å². The minimum absolute atomic E-state index is 0.0492. The first kappa shape index (κ1) is 20.0. The predicted octanol–water partition coefficient (Wildman–Crippen LogP) is 4.55. The topological polar surface area (TPSA) is 74.2 Å². The lowest BCUT2D eigenvalue weighted by molar-refractivity contribution is 0.0454. The first-order chi connectivity index (χ1) is 13.3. The van der Waals surface area contributed by atoms with E-state index in [4.69, 9.17) is 18.9 Å². The van der Waals surface area contributed by atoms with E-state index in [1.54, 1.807) is 19.2 Å². The second-order valence-electron chi connectivity index (χ2n) is 7.34. The molecule has 0 unspecified atom stereocenters. The fraction of sp³-hybridized carbons (Fsp3) is 0.409. The lowest BCUT2D eigenvalue weighted by Crippen LogP contribution is -2.15. The summed E-state index contributed by atoms with van der Waals surface area (Å²) in [5, 5.41) is 10.6. The molecule has 1 N–H and O–H groups in total. The highest BCUT2D eigenvalue weighted by Gasteiger charge is 2.30. The molecule has 3 rings (SSSR count). The quantitative estimate of drug-likeness (QED) is 0.760. The Morgan fingerprint density at radius 2 is 1.93 bits per heavy atom. The number of aliphatic hydroxyl groups is 1. The van der Waals surface area contributed by atoms with E-state index in [0.717, 1.165) is 11.1 Å². The molecule has 0 fully saturated rings. The Morgan fingerprint density at radius 1 is 1.18 bits per heavy atom. The summed E-state index contributed by atoms with van der Waals surface area (Å²) in [6, 6.07) is 7.14. The molecule has 0 saturated carbocycles. The molecule has 0 amide bonds. The van der Waals surface area contributed by atoms with Gasteiger partial charge in [0, 0.05) is 11.1 Å². The van der Waals surface area contributed by atoms with Crippen molar-refractivity contribution in [2.45, 2.75) is 39.9 Å². The molecule has 6 heteroatoms. The van der Waals surface area contributed by atoms with Crippen molar-refractivity contribution < 1.29 is 28.8 Å². The van der Waals surface area contributed by atoms with Gasteiger partial charge >= 0.3 is 5.97 Å². The van der Waals surface area contributed by atoms with Gasteiger partial charge < -0.3 is 24.1 Å². The lowest BCUT2D eigenvalue weighted by Gasteiger charge is -2.24. The van der Waals surface area contributed by atoms with Crippen LogP contribution in [-0.4, -0.2) is 25.3 Å². The third-order valence-electron chi connectivity index (χ3n) is 4.68. The number of fused-ring (bicyclic) bond motifs is 2. The Labute approximate surface area is 165 Å². The van der Waals surface area contributed by atoms with Gasteiger partial charge in [0.2, 0.25) is 0 Å². The monoisotopic (exact) mass is 386 g/mol. The summed E-state index contributed by atoms with van der Waals surface area (Å²) in [6.07, 6.45) is -0.219. The van der Waals surface area contributed by atoms with E-state index in [1.165, 1.54) is 7.11 Å². The van der Waals surface area contributed by atoms with E-state index < -0.39 is 12.1 Å². The van der Waals surface area contributed by atoms with Crippen LogP contribution >= 0.6 is 0 Å². The second-order valence-corrected chi connectivity index (χ2v) is 7.34. The number of rotatable bonds is 5. The fourth-order valence-corrected chi connectivity index (χ4v) is 3.43. The molecule has 6 nitrogen and oxygen atoms in total. The van der Waals surface area contributed by atoms with E-state index in [1.807, 2.05) is 32.9 Å². The normalized spacial score (nSPS) is 14.2. The summed E-state index contributed by atoms with van der Waals surface area (Å²) in [5.41, 5.74) is 2.39. The smallest absolute Gasteiger partial charge is 0.346 e. The van der Waals surface area contributed by atoms with E-state index >= 15 is 0 Å². The highest BCUT2D eigenvalue weighted by Crippen LogP contribution is 2.44. The van der Waals surface area contributed by atoms with E-state index in [0.29, 0.717) is 29.2 Å². The molecule has 0 aliphatic carbocycles. The maximum Gasteiger partial charge on any atom is 0.346 e. The van der Waals surface area contributed by atoms with Gasteiger partial charge in [0.1, 0.15) is 23.7 Å². The zero-order chi connectivity index (χ0) is 20.4. The van der Waals surface area contributed by atoms with E-state index in [9.17, 15) is 9.90 Å². The summed E-state index contributed by atoms with van der Waals surface area (Å²) >= 11 is 0. The van der Waals surface area contributed by atoms with Crippen LogP contribution in [0, 0.1) is 12.8 Å². The first-order valence-electron chi connectivity index (χ1n) is 9.27. The van der Waals surface area contributed by atoms with Gasteiger partial charge in [0.15, 0.2) is 11.5 Å². The molecule has 0 aromatic heterocycles. The Morgan fingerprint density at radius 3 is 2.57 bits per heavy atom. The molecule has 2 aromatic carbocycles. The van der Waals surface area contributed by atoms with Crippen LogP contribution in [-0.2, 0) is 11.3 Å². The third-order valence-corrected chi connectivity index (χ3v) is 4.68.